The van der Waals surface area contributed by atoms with Crippen molar-refractivity contribution >= 4 is 24.2 Å². The second-order valence-corrected chi connectivity index (χ2v) is 4.17. The van der Waals surface area contributed by atoms with E-state index >= 15 is 0 Å². The van der Waals surface area contributed by atoms with Crippen LogP contribution >= 0.6 is 12.4 Å². The largest absolute Gasteiger partial charge is 0.355 e. The van der Waals surface area contributed by atoms with Crippen molar-refractivity contribution in [2.24, 2.45) is 0 Å². The van der Waals surface area contributed by atoms with Gasteiger partial charge in [-0.05, 0) is 31.2 Å². The number of benzene rings is 1. The summed E-state index contributed by atoms with van der Waals surface area (Å²) in [5, 5.41) is 8.54. The van der Waals surface area contributed by atoms with Crippen LogP contribution in [0.25, 0.3) is 0 Å². The van der Waals surface area contributed by atoms with Gasteiger partial charge in [-0.15, -0.1) is 12.4 Å². The predicted octanol–water partition coefficient (Wildman–Crippen LogP) is 1.20. The first-order valence-corrected chi connectivity index (χ1v) is 6.50. The minimum Gasteiger partial charge on any atom is -0.355 e. The van der Waals surface area contributed by atoms with Crippen molar-refractivity contribution in [1.29, 1.82) is 0 Å². The van der Waals surface area contributed by atoms with Gasteiger partial charge in [0.25, 0.3) is 11.8 Å². The van der Waals surface area contributed by atoms with Gasteiger partial charge in [0.2, 0.25) is 0 Å². The van der Waals surface area contributed by atoms with Crippen LogP contribution in [0.3, 0.4) is 0 Å². The van der Waals surface area contributed by atoms with Crippen LogP contribution < -0.4 is 16.0 Å². The molecule has 2 amide bonds. The Morgan fingerprint density at radius 2 is 1.70 bits per heavy atom. The van der Waals surface area contributed by atoms with Crippen molar-refractivity contribution in [2.45, 2.75) is 13.3 Å². The van der Waals surface area contributed by atoms with Gasteiger partial charge in [-0.2, -0.15) is 0 Å². The van der Waals surface area contributed by atoms with E-state index in [0.29, 0.717) is 17.7 Å². The minimum atomic E-state index is -0.195. The van der Waals surface area contributed by atoms with Gasteiger partial charge in [-0.25, -0.2) is 0 Å². The maximum atomic E-state index is 11.9. The SMILES string of the molecule is CCCNCCNC(=O)c1cccc(C(=O)NC)c1.Cl. The van der Waals surface area contributed by atoms with E-state index in [-0.39, 0.29) is 24.2 Å². The highest BCUT2D eigenvalue weighted by molar-refractivity contribution is 5.99. The first-order chi connectivity index (χ1) is 9.19. The minimum absolute atomic E-state index is 0. The molecule has 0 radical (unpaired) electrons. The monoisotopic (exact) mass is 299 g/mol. The number of carbonyl (C=O) groups excluding carboxylic acids is 2. The average molecular weight is 300 g/mol. The van der Waals surface area contributed by atoms with Crippen molar-refractivity contribution in [3.8, 4) is 0 Å². The van der Waals surface area contributed by atoms with E-state index in [9.17, 15) is 9.59 Å². The van der Waals surface area contributed by atoms with Gasteiger partial charge in [-0.3, -0.25) is 9.59 Å². The molecule has 0 unspecified atom stereocenters. The number of halogens is 1. The highest BCUT2D eigenvalue weighted by Gasteiger charge is 2.08. The molecule has 5 nitrogen and oxygen atoms in total. The number of amides is 2. The zero-order chi connectivity index (χ0) is 14.1. The molecule has 0 heterocycles. The lowest BCUT2D eigenvalue weighted by atomic mass is 10.1. The summed E-state index contributed by atoms with van der Waals surface area (Å²) in [6.07, 6.45) is 1.07. The van der Waals surface area contributed by atoms with Crippen molar-refractivity contribution in [3.05, 3.63) is 35.4 Å². The van der Waals surface area contributed by atoms with Gasteiger partial charge in [0, 0.05) is 31.3 Å². The summed E-state index contributed by atoms with van der Waals surface area (Å²) in [6, 6.07) is 6.67. The molecule has 0 aliphatic carbocycles. The fourth-order valence-electron chi connectivity index (χ4n) is 1.61. The summed E-state index contributed by atoms with van der Waals surface area (Å²) < 4.78 is 0. The van der Waals surface area contributed by atoms with Crippen LogP contribution in [0.5, 0.6) is 0 Å². The quantitative estimate of drug-likeness (QED) is 0.663. The molecule has 1 aromatic rings. The molecule has 20 heavy (non-hydrogen) atoms. The van der Waals surface area contributed by atoms with Crippen molar-refractivity contribution in [1.82, 2.24) is 16.0 Å². The molecule has 0 atom stereocenters. The molecular weight excluding hydrogens is 278 g/mol. The van der Waals surface area contributed by atoms with E-state index in [4.69, 9.17) is 0 Å². The van der Waals surface area contributed by atoms with Crippen LogP contribution in [0, 0.1) is 0 Å². The summed E-state index contributed by atoms with van der Waals surface area (Å²) in [5.74, 6) is -0.358. The van der Waals surface area contributed by atoms with Gasteiger partial charge in [0.1, 0.15) is 0 Å². The molecule has 0 aliphatic heterocycles. The molecule has 0 saturated carbocycles. The van der Waals surface area contributed by atoms with E-state index in [0.717, 1.165) is 19.5 Å². The van der Waals surface area contributed by atoms with Crippen molar-refractivity contribution in [3.63, 3.8) is 0 Å². The second-order valence-electron chi connectivity index (χ2n) is 4.17. The number of hydrogen-bond donors (Lipinski definition) is 3. The first-order valence-electron chi connectivity index (χ1n) is 6.50. The average Bonchev–Trinajstić information content (AvgIpc) is 2.46. The Labute approximate surface area is 125 Å². The Kier molecular flexibility index (Phi) is 9.41. The Balaban J connectivity index is 0.00000361. The molecule has 1 rings (SSSR count). The van der Waals surface area contributed by atoms with Gasteiger partial charge in [0.05, 0.1) is 0 Å². The summed E-state index contributed by atoms with van der Waals surface area (Å²) in [6.45, 7) is 4.36. The molecule has 112 valence electrons. The lowest BCUT2D eigenvalue weighted by Crippen LogP contribution is -2.32. The second kappa shape index (κ2) is 10.2. The molecule has 0 aromatic heterocycles. The van der Waals surface area contributed by atoms with Crippen LogP contribution in [-0.2, 0) is 0 Å². The highest BCUT2D eigenvalue weighted by atomic mass is 35.5. The molecule has 0 aliphatic rings. The molecule has 0 spiro atoms. The third-order valence-electron chi connectivity index (χ3n) is 2.63. The number of nitrogens with one attached hydrogen (secondary N) is 3. The van der Waals surface area contributed by atoms with E-state index in [1.807, 2.05) is 0 Å². The third-order valence-corrected chi connectivity index (χ3v) is 2.63. The number of rotatable bonds is 7. The van der Waals surface area contributed by atoms with Gasteiger partial charge >= 0.3 is 0 Å². The normalized spacial score (nSPS) is 9.50. The summed E-state index contributed by atoms with van der Waals surface area (Å²) in [7, 11) is 1.56. The molecule has 0 saturated heterocycles. The maximum absolute atomic E-state index is 11.9. The van der Waals surface area contributed by atoms with E-state index in [1.165, 1.54) is 0 Å². The zero-order valence-corrected chi connectivity index (χ0v) is 12.7. The lowest BCUT2D eigenvalue weighted by Gasteiger charge is -2.07. The molecule has 1 aromatic carbocycles. The molecule has 0 bridgehead atoms. The van der Waals surface area contributed by atoms with Gasteiger partial charge < -0.3 is 16.0 Å². The Morgan fingerprint density at radius 1 is 1.05 bits per heavy atom. The van der Waals surface area contributed by atoms with Gasteiger partial charge in [-0.1, -0.05) is 13.0 Å². The Bertz CT molecular complexity index is 438. The summed E-state index contributed by atoms with van der Waals surface area (Å²) >= 11 is 0. The highest BCUT2D eigenvalue weighted by Crippen LogP contribution is 2.05. The fourth-order valence-corrected chi connectivity index (χ4v) is 1.61. The topological polar surface area (TPSA) is 70.2 Å². The Morgan fingerprint density at radius 3 is 2.30 bits per heavy atom. The molecule has 6 heteroatoms. The predicted molar refractivity (Wildman–Crippen MR) is 82.6 cm³/mol. The smallest absolute Gasteiger partial charge is 0.251 e. The standard InChI is InChI=1S/C14H21N3O2.ClH/c1-3-7-16-8-9-17-14(19)12-6-4-5-11(10-12)13(18)15-2;/h4-6,10,16H,3,7-9H2,1-2H3,(H,15,18)(H,17,19);1H. The lowest BCUT2D eigenvalue weighted by molar-refractivity contribution is 0.0954. The van der Waals surface area contributed by atoms with Crippen molar-refractivity contribution < 1.29 is 9.59 Å². The molecular formula is C14H22ClN3O2. The van der Waals surface area contributed by atoms with Crippen LogP contribution in [-0.4, -0.2) is 38.5 Å². The van der Waals surface area contributed by atoms with Crippen LogP contribution in [0.4, 0.5) is 0 Å². The maximum Gasteiger partial charge on any atom is 0.251 e. The fraction of sp³-hybridized carbons (Fsp3) is 0.429. The summed E-state index contributed by atoms with van der Waals surface area (Å²) in [5.41, 5.74) is 0.982. The van der Waals surface area contributed by atoms with E-state index < -0.39 is 0 Å². The Hall–Kier alpha value is -1.59. The number of hydrogen-bond acceptors (Lipinski definition) is 3. The van der Waals surface area contributed by atoms with Crippen LogP contribution in [0.1, 0.15) is 34.1 Å². The zero-order valence-electron chi connectivity index (χ0n) is 11.9. The van der Waals surface area contributed by atoms with Crippen LogP contribution in [0.15, 0.2) is 24.3 Å². The van der Waals surface area contributed by atoms with Crippen molar-refractivity contribution in [2.75, 3.05) is 26.7 Å². The van der Waals surface area contributed by atoms with E-state index in [2.05, 4.69) is 22.9 Å². The van der Waals surface area contributed by atoms with Gasteiger partial charge in [0.15, 0.2) is 0 Å². The molecule has 3 N–H and O–H groups in total. The van der Waals surface area contributed by atoms with Crippen LogP contribution in [0.2, 0.25) is 0 Å². The summed E-state index contributed by atoms with van der Waals surface area (Å²) in [4.78, 5) is 23.3. The first kappa shape index (κ1) is 18.4. The van der Waals surface area contributed by atoms with E-state index in [1.54, 1.807) is 31.3 Å². The number of carbonyl (C=O) groups is 2. The molecule has 0 fully saturated rings. The third kappa shape index (κ3) is 6.04.